The Bertz CT molecular complexity index is 2280. The van der Waals surface area contributed by atoms with Crippen molar-refractivity contribution in [2.45, 2.75) is 25.0 Å². The van der Waals surface area contributed by atoms with Gasteiger partial charge in [0.25, 0.3) is 11.5 Å². The van der Waals surface area contributed by atoms with Crippen LogP contribution in [-0.2, 0) is 12.1 Å². The summed E-state index contributed by atoms with van der Waals surface area (Å²) in [4.78, 5) is 37.5. The number of β-amino-alcohol motifs (C(OH)–C–C–N with tert-alkyl or cyclic N) is 1. The summed E-state index contributed by atoms with van der Waals surface area (Å²) >= 11 is 1.10. The van der Waals surface area contributed by atoms with Gasteiger partial charge in [-0.15, -0.1) is 11.3 Å². The molecule has 8 rings (SSSR count). The number of rotatable bonds is 8. The van der Waals surface area contributed by atoms with Crippen LogP contribution in [0.4, 0.5) is 26.0 Å². The first-order valence-electron chi connectivity index (χ1n) is 16.5. The standard InChI is InChI=1S/C21H17N5O3S.C15H18F2N4O/c22-18-21(28)26(15-11-17(19(23)27)30-20(15)24-18)13-6-7-16-14(10-13)25(8-9-29-16)12-4-2-1-3-5-12;16-12-3-4-13(14(17)7-12)15(22,8-20-5-1-2-6-20)9-21-11-18-10-19-21/h1-7,10-11H,8-9H2,(H2,22,24)(H2,23,27);3-4,7,10-11,22H,1-2,5-6,8-9H2. The van der Waals surface area contributed by atoms with E-state index in [9.17, 15) is 23.5 Å². The lowest BCUT2D eigenvalue weighted by Gasteiger charge is -2.33. The predicted octanol–water partition coefficient (Wildman–Crippen LogP) is 4.20. The molecule has 2 aliphatic rings. The van der Waals surface area contributed by atoms with Crippen molar-refractivity contribution >= 4 is 44.8 Å². The van der Waals surface area contributed by atoms with E-state index in [1.54, 1.807) is 12.1 Å². The van der Waals surface area contributed by atoms with Crippen LogP contribution in [0.1, 0.15) is 28.1 Å². The van der Waals surface area contributed by atoms with Gasteiger partial charge in [-0.05, 0) is 68.4 Å². The summed E-state index contributed by atoms with van der Waals surface area (Å²) in [7, 11) is 0. The van der Waals surface area contributed by atoms with Crippen molar-refractivity contribution < 1.29 is 23.4 Å². The number of hydrogen-bond acceptors (Lipinski definition) is 11. The number of hydrogen-bond donors (Lipinski definition) is 3. The van der Waals surface area contributed by atoms with E-state index in [1.165, 1.54) is 28.0 Å². The number of ether oxygens (including phenoxy) is 1. The van der Waals surface area contributed by atoms with Gasteiger partial charge in [-0.3, -0.25) is 14.2 Å². The molecule has 1 saturated heterocycles. The molecule has 1 fully saturated rings. The zero-order valence-electron chi connectivity index (χ0n) is 27.9. The quantitative estimate of drug-likeness (QED) is 0.207. The number of nitrogens with zero attached hydrogens (tertiary/aromatic N) is 7. The average Bonchev–Trinajstić information content (AvgIpc) is 3.92. The van der Waals surface area contributed by atoms with Crippen molar-refractivity contribution in [3.05, 3.63) is 118 Å². The van der Waals surface area contributed by atoms with E-state index in [2.05, 4.69) is 24.9 Å². The molecular weight excluding hydrogens is 693 g/mol. The number of para-hydroxylation sites is 1. The average molecular weight is 728 g/mol. The van der Waals surface area contributed by atoms with E-state index in [-0.39, 0.29) is 24.5 Å². The van der Waals surface area contributed by atoms with Crippen molar-refractivity contribution in [1.29, 1.82) is 0 Å². The zero-order valence-corrected chi connectivity index (χ0v) is 28.7. The number of amides is 1. The van der Waals surface area contributed by atoms with Gasteiger partial charge in [-0.2, -0.15) is 5.10 Å². The first-order valence-corrected chi connectivity index (χ1v) is 17.4. The molecule has 268 valence electrons. The van der Waals surface area contributed by atoms with Crippen LogP contribution in [0, 0.1) is 11.6 Å². The number of carbonyl (C=O) groups excluding carboxylic acids is 1. The van der Waals surface area contributed by atoms with Crippen LogP contribution in [0.15, 0.2) is 90.2 Å². The summed E-state index contributed by atoms with van der Waals surface area (Å²) < 4.78 is 36.1. The summed E-state index contributed by atoms with van der Waals surface area (Å²) in [6.45, 7) is 3.29. The molecule has 52 heavy (non-hydrogen) atoms. The molecule has 0 radical (unpaired) electrons. The number of aliphatic hydroxyl groups is 1. The van der Waals surface area contributed by atoms with Gasteiger partial charge in [0, 0.05) is 23.9 Å². The van der Waals surface area contributed by atoms with Crippen LogP contribution >= 0.6 is 11.3 Å². The summed E-state index contributed by atoms with van der Waals surface area (Å²) in [5, 5.41) is 15.1. The maximum Gasteiger partial charge on any atom is 0.298 e. The van der Waals surface area contributed by atoms with E-state index >= 15 is 0 Å². The third-order valence-electron chi connectivity index (χ3n) is 8.96. The first kappa shape index (κ1) is 34.7. The molecule has 1 amide bonds. The van der Waals surface area contributed by atoms with Gasteiger partial charge in [-0.25, -0.2) is 23.4 Å². The predicted molar refractivity (Wildman–Crippen MR) is 193 cm³/mol. The monoisotopic (exact) mass is 727 g/mol. The smallest absolute Gasteiger partial charge is 0.298 e. The Labute approximate surface area is 300 Å². The lowest BCUT2D eigenvalue weighted by molar-refractivity contribution is -0.0164. The molecule has 16 heteroatoms. The highest BCUT2D eigenvalue weighted by Gasteiger charge is 2.36. The highest BCUT2D eigenvalue weighted by Crippen LogP contribution is 2.38. The third-order valence-corrected chi connectivity index (χ3v) is 9.99. The largest absolute Gasteiger partial charge is 0.490 e. The lowest BCUT2D eigenvalue weighted by Crippen LogP contribution is -2.43. The minimum Gasteiger partial charge on any atom is -0.490 e. The van der Waals surface area contributed by atoms with Crippen LogP contribution in [0.3, 0.4) is 0 Å². The van der Waals surface area contributed by atoms with Crippen LogP contribution in [0.2, 0.25) is 0 Å². The first-order chi connectivity index (χ1) is 25.1. The van der Waals surface area contributed by atoms with Gasteiger partial charge >= 0.3 is 0 Å². The minimum atomic E-state index is -1.49. The SMILES string of the molecule is NC(=O)c1cc2c(nc(N)c(=O)n2-c2ccc3c(c2)N(c2ccccc2)CCO3)s1.OC(CN1CCCC1)(Cn1cncn1)c1ccc(F)cc1F. The maximum absolute atomic E-state index is 14.2. The third kappa shape index (κ3) is 7.08. The van der Waals surface area contributed by atoms with Gasteiger partial charge in [0.2, 0.25) is 0 Å². The second-order valence-electron chi connectivity index (χ2n) is 12.5. The number of aromatic nitrogens is 5. The Morgan fingerprint density at radius 3 is 2.48 bits per heavy atom. The number of fused-ring (bicyclic) bond motifs is 2. The van der Waals surface area contributed by atoms with Crippen LogP contribution in [0.25, 0.3) is 16.0 Å². The molecule has 2 aliphatic heterocycles. The van der Waals surface area contributed by atoms with E-state index in [4.69, 9.17) is 16.2 Å². The van der Waals surface area contributed by atoms with Gasteiger partial charge in [0.05, 0.1) is 34.9 Å². The Hall–Kier alpha value is -5.71. The fraction of sp³-hybridized carbons (Fsp3) is 0.250. The van der Waals surface area contributed by atoms with Crippen molar-refractivity contribution in [2.24, 2.45) is 5.73 Å². The highest BCUT2D eigenvalue weighted by molar-refractivity contribution is 7.20. The number of primary amides is 1. The van der Waals surface area contributed by atoms with Crippen molar-refractivity contribution in [1.82, 2.24) is 29.2 Å². The summed E-state index contributed by atoms with van der Waals surface area (Å²) in [6, 6.07) is 20.3. The number of thiophene rings is 1. The minimum absolute atomic E-state index is 0.0616. The topological polar surface area (TPSA) is 171 Å². The van der Waals surface area contributed by atoms with E-state index in [0.717, 1.165) is 66.5 Å². The number of carbonyl (C=O) groups is 1. The Balaban J connectivity index is 0.000000170. The van der Waals surface area contributed by atoms with E-state index in [1.807, 2.05) is 42.5 Å². The van der Waals surface area contributed by atoms with Crippen LogP contribution < -0.4 is 26.7 Å². The normalized spacial score (nSPS) is 15.4. The number of nitrogens with two attached hydrogens (primary N) is 2. The second kappa shape index (κ2) is 14.5. The van der Waals surface area contributed by atoms with Crippen LogP contribution in [-0.4, -0.2) is 73.0 Å². The molecule has 0 saturated carbocycles. The zero-order chi connectivity index (χ0) is 36.4. The van der Waals surface area contributed by atoms with Crippen LogP contribution in [0.5, 0.6) is 5.75 Å². The fourth-order valence-electron chi connectivity index (χ4n) is 6.57. The highest BCUT2D eigenvalue weighted by atomic mass is 32.1. The van der Waals surface area contributed by atoms with Gasteiger partial charge in [0.15, 0.2) is 5.82 Å². The maximum atomic E-state index is 14.2. The number of halogens is 2. The number of nitrogen functional groups attached to an aromatic ring is 1. The summed E-state index contributed by atoms with van der Waals surface area (Å²) in [5.41, 5.74) is 12.4. The molecule has 0 spiro atoms. The van der Waals surface area contributed by atoms with Gasteiger partial charge in [0.1, 0.15) is 47.1 Å². The van der Waals surface area contributed by atoms with Crippen molar-refractivity contribution in [2.75, 3.05) is 43.4 Å². The molecule has 0 bridgehead atoms. The molecule has 0 aliphatic carbocycles. The Morgan fingerprint density at radius 2 is 1.77 bits per heavy atom. The van der Waals surface area contributed by atoms with E-state index in [0.29, 0.717) is 34.1 Å². The lowest BCUT2D eigenvalue weighted by atomic mass is 9.92. The van der Waals surface area contributed by atoms with Gasteiger partial charge < -0.3 is 31.1 Å². The van der Waals surface area contributed by atoms with Crippen molar-refractivity contribution in [3.63, 3.8) is 0 Å². The summed E-state index contributed by atoms with van der Waals surface area (Å²) in [6.07, 6.45) is 4.95. The molecule has 1 atom stereocenters. The molecule has 13 nitrogen and oxygen atoms in total. The molecule has 3 aromatic heterocycles. The fourth-order valence-corrected chi connectivity index (χ4v) is 7.45. The van der Waals surface area contributed by atoms with Gasteiger partial charge in [-0.1, -0.05) is 24.3 Å². The molecule has 5 heterocycles. The molecular formula is C36H35F2N9O4S. The van der Waals surface area contributed by atoms with E-state index < -0.39 is 28.7 Å². The number of anilines is 3. The Morgan fingerprint density at radius 1 is 0.981 bits per heavy atom. The number of benzene rings is 3. The summed E-state index contributed by atoms with van der Waals surface area (Å²) in [5.74, 6) is -1.41. The Kier molecular flexibility index (Phi) is 9.68. The number of likely N-dealkylation sites (tertiary alicyclic amines) is 1. The molecule has 3 aromatic carbocycles. The molecule has 1 unspecified atom stereocenters. The van der Waals surface area contributed by atoms with Crippen molar-refractivity contribution in [3.8, 4) is 11.4 Å². The molecule has 6 aromatic rings. The second-order valence-corrected chi connectivity index (χ2v) is 13.6. The molecule has 5 N–H and O–H groups in total.